The van der Waals surface area contributed by atoms with E-state index in [0.29, 0.717) is 13.0 Å². The summed E-state index contributed by atoms with van der Waals surface area (Å²) in [5.41, 5.74) is 0. The molecule has 0 aromatic heterocycles. The van der Waals surface area contributed by atoms with E-state index >= 15 is 0 Å². The van der Waals surface area contributed by atoms with Crippen molar-refractivity contribution in [1.29, 1.82) is 0 Å². The number of carbonyl (C=O) groups is 1. The number of amides is 1. The third-order valence-electron chi connectivity index (χ3n) is 1.30. The van der Waals surface area contributed by atoms with Gasteiger partial charge in [0.05, 0.1) is 12.7 Å². The number of carbonyl (C=O) groups excluding carboxylic acids is 1. The van der Waals surface area contributed by atoms with Crippen LogP contribution in [0.15, 0.2) is 12.7 Å². The molecule has 0 rings (SSSR count). The molecular weight excluding hydrogens is 170 g/mol. The van der Waals surface area contributed by atoms with E-state index in [0.717, 1.165) is 6.08 Å². The lowest BCUT2D eigenvalue weighted by molar-refractivity contribution is -0.117. The molecule has 0 bridgehead atoms. The van der Waals surface area contributed by atoms with E-state index in [1.54, 1.807) is 0 Å². The fraction of sp³-hybridized carbons (Fsp3) is 0.556. The van der Waals surface area contributed by atoms with Gasteiger partial charge in [0, 0.05) is 13.2 Å². The van der Waals surface area contributed by atoms with Crippen LogP contribution in [0.4, 0.5) is 0 Å². The van der Waals surface area contributed by atoms with Crippen molar-refractivity contribution in [3.05, 3.63) is 19.6 Å². The monoisotopic (exact) mass is 186 g/mol. The highest BCUT2D eigenvalue weighted by Gasteiger charge is 2.04. The molecule has 0 aliphatic heterocycles. The zero-order valence-corrected chi connectivity index (χ0v) is 7.66. The van der Waals surface area contributed by atoms with Gasteiger partial charge in [-0.25, -0.2) is 0 Å². The van der Waals surface area contributed by atoms with E-state index in [9.17, 15) is 9.90 Å². The first kappa shape index (κ1) is 12.1. The molecule has 4 nitrogen and oxygen atoms in total. The van der Waals surface area contributed by atoms with Gasteiger partial charge < -0.3 is 15.2 Å². The first-order chi connectivity index (χ1) is 6.20. The molecule has 0 saturated heterocycles. The Labute approximate surface area is 78.6 Å². The summed E-state index contributed by atoms with van der Waals surface area (Å²) in [4.78, 5) is 10.7. The number of ether oxygens (including phenoxy) is 1. The zero-order chi connectivity index (χ0) is 10.1. The molecule has 75 valence electrons. The maximum atomic E-state index is 10.7. The molecule has 0 heterocycles. The minimum atomic E-state index is -0.671. The molecule has 0 spiro atoms. The summed E-state index contributed by atoms with van der Waals surface area (Å²) in [6.07, 6.45) is 1.16. The summed E-state index contributed by atoms with van der Waals surface area (Å²) in [6, 6.07) is 0. The van der Waals surface area contributed by atoms with Gasteiger partial charge in [-0.1, -0.05) is 13.5 Å². The van der Waals surface area contributed by atoms with Gasteiger partial charge in [0.25, 0.3) is 0 Å². The Morgan fingerprint density at radius 3 is 2.92 bits per heavy atom. The predicted molar refractivity (Wildman–Crippen MR) is 50.0 cm³/mol. The van der Waals surface area contributed by atoms with Gasteiger partial charge in [-0.3, -0.25) is 4.79 Å². The van der Waals surface area contributed by atoms with Crippen LogP contribution < -0.4 is 5.32 Å². The fourth-order valence-electron chi connectivity index (χ4n) is 0.671. The van der Waals surface area contributed by atoms with Crippen LogP contribution in [0.5, 0.6) is 0 Å². The van der Waals surface area contributed by atoms with Crippen molar-refractivity contribution in [2.45, 2.75) is 12.5 Å². The van der Waals surface area contributed by atoms with E-state index in [-0.39, 0.29) is 19.1 Å². The third kappa shape index (κ3) is 7.49. The van der Waals surface area contributed by atoms with Crippen LogP contribution in [-0.2, 0) is 9.53 Å². The highest BCUT2D eigenvalue weighted by Crippen LogP contribution is 1.85. The summed E-state index contributed by atoms with van der Waals surface area (Å²) >= 11 is 0. The molecular formula is C9H16NO3. The number of nitrogens with one attached hydrogen (secondary N) is 1. The van der Waals surface area contributed by atoms with Crippen LogP contribution in [0.25, 0.3) is 0 Å². The van der Waals surface area contributed by atoms with Crippen LogP contribution in [0.1, 0.15) is 6.42 Å². The number of hydrogen-bond donors (Lipinski definition) is 2. The van der Waals surface area contributed by atoms with E-state index in [1.807, 2.05) is 0 Å². The molecule has 1 amide bonds. The van der Waals surface area contributed by atoms with E-state index in [1.165, 1.54) is 0 Å². The maximum absolute atomic E-state index is 10.7. The topological polar surface area (TPSA) is 58.6 Å². The summed E-state index contributed by atoms with van der Waals surface area (Å²) < 4.78 is 5.02. The number of rotatable bonds is 7. The standard InChI is InChI=1S/C9H16NO3/c1-3-5-13-7-8(11)6-10-9(12)4-2/h4,8,11H,1-3,5-7H2,(H,10,12). The summed E-state index contributed by atoms with van der Waals surface area (Å²) in [7, 11) is 0. The molecule has 0 aromatic carbocycles. The molecule has 0 saturated carbocycles. The average molecular weight is 186 g/mol. The Morgan fingerprint density at radius 1 is 1.69 bits per heavy atom. The Morgan fingerprint density at radius 2 is 2.38 bits per heavy atom. The quantitative estimate of drug-likeness (QED) is 0.431. The number of aliphatic hydroxyl groups is 1. The maximum Gasteiger partial charge on any atom is 0.243 e. The Bertz CT molecular complexity index is 159. The van der Waals surface area contributed by atoms with Gasteiger partial charge in [-0.15, -0.1) is 0 Å². The normalized spacial score (nSPS) is 12.2. The molecule has 1 radical (unpaired) electrons. The van der Waals surface area contributed by atoms with Crippen molar-refractivity contribution in [1.82, 2.24) is 5.32 Å². The largest absolute Gasteiger partial charge is 0.389 e. The van der Waals surface area contributed by atoms with Gasteiger partial charge in [0.2, 0.25) is 5.91 Å². The lowest BCUT2D eigenvalue weighted by Gasteiger charge is -2.10. The lowest BCUT2D eigenvalue weighted by Crippen LogP contribution is -2.33. The number of aliphatic hydroxyl groups excluding tert-OH is 1. The summed E-state index contributed by atoms with van der Waals surface area (Å²) in [6.45, 7) is 7.78. The molecule has 4 heteroatoms. The molecule has 1 unspecified atom stereocenters. The van der Waals surface area contributed by atoms with Crippen molar-refractivity contribution in [2.75, 3.05) is 19.8 Å². The molecule has 0 aromatic rings. The molecule has 2 N–H and O–H groups in total. The SMILES string of the molecule is [CH2]CCOCC(O)CNC(=O)C=C. The zero-order valence-electron chi connectivity index (χ0n) is 7.66. The second kappa shape index (κ2) is 7.76. The van der Waals surface area contributed by atoms with Crippen molar-refractivity contribution < 1.29 is 14.6 Å². The van der Waals surface area contributed by atoms with Gasteiger partial charge in [-0.05, 0) is 12.5 Å². The van der Waals surface area contributed by atoms with E-state index < -0.39 is 6.10 Å². The van der Waals surface area contributed by atoms with Gasteiger partial charge in [0.15, 0.2) is 0 Å². The smallest absolute Gasteiger partial charge is 0.243 e. The molecule has 13 heavy (non-hydrogen) atoms. The van der Waals surface area contributed by atoms with E-state index in [4.69, 9.17) is 4.74 Å². The average Bonchev–Trinajstić information content (AvgIpc) is 2.14. The molecule has 1 atom stereocenters. The van der Waals surface area contributed by atoms with Gasteiger partial charge in [0.1, 0.15) is 0 Å². The first-order valence-electron chi connectivity index (χ1n) is 4.16. The summed E-state index contributed by atoms with van der Waals surface area (Å²) in [5.74, 6) is -0.295. The van der Waals surface area contributed by atoms with Gasteiger partial charge in [-0.2, -0.15) is 0 Å². The summed E-state index contributed by atoms with van der Waals surface area (Å²) in [5, 5.41) is 11.7. The van der Waals surface area contributed by atoms with Crippen LogP contribution in [0, 0.1) is 6.92 Å². The Hall–Kier alpha value is -0.870. The van der Waals surface area contributed by atoms with Crippen molar-refractivity contribution in [3.63, 3.8) is 0 Å². The second-order valence-corrected chi connectivity index (χ2v) is 2.53. The molecule has 0 fully saturated rings. The van der Waals surface area contributed by atoms with E-state index in [2.05, 4.69) is 18.8 Å². The molecule has 0 aliphatic rings. The third-order valence-corrected chi connectivity index (χ3v) is 1.30. The van der Waals surface area contributed by atoms with Crippen LogP contribution >= 0.6 is 0 Å². The minimum Gasteiger partial charge on any atom is -0.389 e. The Balaban J connectivity index is 3.34. The highest BCUT2D eigenvalue weighted by molar-refractivity contribution is 5.86. The van der Waals surface area contributed by atoms with Crippen LogP contribution in [0.2, 0.25) is 0 Å². The second-order valence-electron chi connectivity index (χ2n) is 2.53. The van der Waals surface area contributed by atoms with Gasteiger partial charge >= 0.3 is 0 Å². The Kier molecular flexibility index (Phi) is 7.24. The van der Waals surface area contributed by atoms with Crippen LogP contribution in [0.3, 0.4) is 0 Å². The van der Waals surface area contributed by atoms with Crippen LogP contribution in [-0.4, -0.2) is 36.9 Å². The first-order valence-corrected chi connectivity index (χ1v) is 4.16. The highest BCUT2D eigenvalue weighted by atomic mass is 16.5. The molecule has 0 aliphatic carbocycles. The minimum absolute atomic E-state index is 0.183. The fourth-order valence-corrected chi connectivity index (χ4v) is 0.671. The van der Waals surface area contributed by atoms with Crippen molar-refractivity contribution >= 4 is 5.91 Å². The van der Waals surface area contributed by atoms with Crippen molar-refractivity contribution in [2.24, 2.45) is 0 Å². The number of hydrogen-bond acceptors (Lipinski definition) is 3. The van der Waals surface area contributed by atoms with Crippen molar-refractivity contribution in [3.8, 4) is 0 Å². The predicted octanol–water partition coefficient (Wildman–Crippen LogP) is -0.110. The lowest BCUT2D eigenvalue weighted by atomic mass is 10.3.